The number of ether oxygens (including phenoxy) is 2. The lowest BCUT2D eigenvalue weighted by atomic mass is 10.1. The van der Waals surface area contributed by atoms with Crippen molar-refractivity contribution < 1.29 is 23.9 Å². The molecule has 126 valence electrons. The Labute approximate surface area is 144 Å². The van der Waals surface area contributed by atoms with Gasteiger partial charge in [-0.05, 0) is 42.5 Å². The van der Waals surface area contributed by atoms with Crippen LogP contribution in [0.4, 0.5) is 0 Å². The molecule has 0 aliphatic carbocycles. The molecule has 0 radical (unpaired) electrons. The molecule has 0 aromatic heterocycles. The van der Waals surface area contributed by atoms with Crippen LogP contribution in [0, 0.1) is 0 Å². The van der Waals surface area contributed by atoms with Crippen molar-refractivity contribution in [2.75, 3.05) is 13.7 Å². The van der Waals surface area contributed by atoms with E-state index in [1.165, 1.54) is 24.3 Å². The van der Waals surface area contributed by atoms with Gasteiger partial charge in [-0.1, -0.05) is 6.08 Å². The van der Waals surface area contributed by atoms with Crippen LogP contribution in [0.25, 0.3) is 0 Å². The van der Waals surface area contributed by atoms with E-state index in [4.69, 9.17) is 9.47 Å². The Hall–Kier alpha value is -3.41. The van der Waals surface area contributed by atoms with E-state index in [-0.39, 0.29) is 23.2 Å². The summed E-state index contributed by atoms with van der Waals surface area (Å²) >= 11 is 0. The minimum Gasteiger partial charge on any atom is -0.497 e. The van der Waals surface area contributed by atoms with Gasteiger partial charge in [0.1, 0.15) is 11.5 Å². The van der Waals surface area contributed by atoms with E-state index >= 15 is 0 Å². The first-order valence-electron chi connectivity index (χ1n) is 7.52. The Bertz CT molecular complexity index is 870. The lowest BCUT2D eigenvalue weighted by Gasteiger charge is -2.09. The number of fused-ring (bicyclic) bond motifs is 1. The number of esters is 1. The number of imide groups is 1. The molecular weight excluding hydrogens is 322 g/mol. The lowest BCUT2D eigenvalue weighted by molar-refractivity contribution is 0.0671. The number of carbonyl (C=O) groups excluding carboxylic acids is 3. The third kappa shape index (κ3) is 3.01. The van der Waals surface area contributed by atoms with Gasteiger partial charge in [-0.3, -0.25) is 14.5 Å². The molecule has 1 heterocycles. The zero-order chi connectivity index (χ0) is 18.0. The number of methoxy groups -OCH3 is 1. The number of amides is 2. The average Bonchev–Trinajstić information content (AvgIpc) is 2.87. The smallest absolute Gasteiger partial charge is 0.343 e. The molecule has 0 saturated carbocycles. The average molecular weight is 337 g/mol. The zero-order valence-corrected chi connectivity index (χ0v) is 13.5. The van der Waals surface area contributed by atoms with Crippen molar-refractivity contribution in [3.05, 3.63) is 71.8 Å². The Morgan fingerprint density at radius 2 is 1.68 bits per heavy atom. The second kappa shape index (κ2) is 6.60. The summed E-state index contributed by atoms with van der Waals surface area (Å²) in [6, 6.07) is 10.8. The molecule has 2 aromatic carbocycles. The molecular formula is C19H15NO5. The number of carbonyl (C=O) groups is 3. The number of nitrogens with zero attached hydrogens (tertiary/aromatic N) is 1. The second-order valence-electron chi connectivity index (χ2n) is 5.33. The number of rotatable bonds is 5. The fourth-order valence-corrected chi connectivity index (χ4v) is 2.52. The molecule has 0 fully saturated rings. The molecule has 2 amide bonds. The van der Waals surface area contributed by atoms with E-state index in [0.717, 1.165) is 4.90 Å². The number of hydrogen-bond donors (Lipinski definition) is 0. The molecule has 0 N–H and O–H groups in total. The van der Waals surface area contributed by atoms with Crippen LogP contribution in [0.15, 0.2) is 55.1 Å². The van der Waals surface area contributed by atoms with Gasteiger partial charge in [-0.15, -0.1) is 6.58 Å². The van der Waals surface area contributed by atoms with Crippen LogP contribution in [0.2, 0.25) is 0 Å². The Balaban J connectivity index is 1.82. The van der Waals surface area contributed by atoms with Crippen molar-refractivity contribution in [3.63, 3.8) is 0 Å². The van der Waals surface area contributed by atoms with E-state index < -0.39 is 17.8 Å². The first-order chi connectivity index (χ1) is 12.0. The molecule has 6 nitrogen and oxygen atoms in total. The van der Waals surface area contributed by atoms with Gasteiger partial charge in [0.25, 0.3) is 11.8 Å². The highest BCUT2D eigenvalue weighted by Gasteiger charge is 2.35. The van der Waals surface area contributed by atoms with E-state index in [1.54, 1.807) is 31.4 Å². The van der Waals surface area contributed by atoms with Crippen molar-refractivity contribution in [3.8, 4) is 11.5 Å². The summed E-state index contributed by atoms with van der Waals surface area (Å²) in [5.74, 6) is -0.463. The monoisotopic (exact) mass is 337 g/mol. The van der Waals surface area contributed by atoms with E-state index in [2.05, 4.69) is 6.58 Å². The maximum Gasteiger partial charge on any atom is 0.343 e. The molecule has 3 rings (SSSR count). The van der Waals surface area contributed by atoms with Crippen molar-refractivity contribution in [2.24, 2.45) is 0 Å². The fourth-order valence-electron chi connectivity index (χ4n) is 2.52. The van der Waals surface area contributed by atoms with Gasteiger partial charge in [0, 0.05) is 6.54 Å². The first kappa shape index (κ1) is 16.4. The highest BCUT2D eigenvalue weighted by Crippen LogP contribution is 2.25. The van der Waals surface area contributed by atoms with Crippen molar-refractivity contribution in [1.82, 2.24) is 4.90 Å². The summed E-state index contributed by atoms with van der Waals surface area (Å²) in [7, 11) is 1.54. The third-order valence-corrected chi connectivity index (χ3v) is 3.79. The van der Waals surface area contributed by atoms with Crippen LogP contribution in [-0.4, -0.2) is 36.3 Å². The van der Waals surface area contributed by atoms with Gasteiger partial charge in [0.05, 0.1) is 23.8 Å². The Kier molecular flexibility index (Phi) is 4.35. The van der Waals surface area contributed by atoms with Crippen molar-refractivity contribution in [1.29, 1.82) is 0 Å². The van der Waals surface area contributed by atoms with Gasteiger partial charge < -0.3 is 9.47 Å². The lowest BCUT2D eigenvalue weighted by Crippen LogP contribution is -2.29. The summed E-state index contributed by atoms with van der Waals surface area (Å²) in [4.78, 5) is 37.8. The van der Waals surface area contributed by atoms with E-state index in [0.29, 0.717) is 11.5 Å². The topological polar surface area (TPSA) is 72.9 Å². The minimum absolute atomic E-state index is 0.123. The zero-order valence-electron chi connectivity index (χ0n) is 13.5. The third-order valence-electron chi connectivity index (χ3n) is 3.79. The number of hydrogen-bond acceptors (Lipinski definition) is 5. The SMILES string of the molecule is C=CCN1C(=O)c2ccc(C(=O)Oc3ccc(OC)cc3)cc2C1=O. The molecule has 0 saturated heterocycles. The van der Waals surface area contributed by atoms with E-state index in [1.807, 2.05) is 0 Å². The molecule has 25 heavy (non-hydrogen) atoms. The quantitative estimate of drug-likeness (QED) is 0.363. The van der Waals surface area contributed by atoms with Crippen LogP contribution in [-0.2, 0) is 0 Å². The highest BCUT2D eigenvalue weighted by molar-refractivity contribution is 6.22. The summed E-state index contributed by atoms with van der Waals surface area (Å²) in [6.07, 6.45) is 1.47. The van der Waals surface area contributed by atoms with Crippen molar-refractivity contribution in [2.45, 2.75) is 0 Å². The van der Waals surface area contributed by atoms with Crippen LogP contribution in [0.1, 0.15) is 31.1 Å². The fraction of sp³-hybridized carbons (Fsp3) is 0.105. The molecule has 1 aliphatic rings. The largest absolute Gasteiger partial charge is 0.497 e. The first-order valence-corrected chi connectivity index (χ1v) is 7.52. The number of benzene rings is 2. The van der Waals surface area contributed by atoms with Crippen LogP contribution < -0.4 is 9.47 Å². The van der Waals surface area contributed by atoms with Crippen molar-refractivity contribution >= 4 is 17.8 Å². The summed E-state index contributed by atoms with van der Waals surface area (Å²) in [5, 5.41) is 0. The highest BCUT2D eigenvalue weighted by atomic mass is 16.5. The molecule has 0 spiro atoms. The summed E-state index contributed by atoms with van der Waals surface area (Å²) in [5.41, 5.74) is 0.653. The van der Waals surface area contributed by atoms with Gasteiger partial charge in [-0.25, -0.2) is 4.79 Å². The van der Waals surface area contributed by atoms with Gasteiger partial charge in [0.15, 0.2) is 0 Å². The Morgan fingerprint density at radius 3 is 2.32 bits per heavy atom. The maximum atomic E-state index is 12.3. The maximum absolute atomic E-state index is 12.3. The summed E-state index contributed by atoms with van der Waals surface area (Å²) < 4.78 is 10.3. The summed E-state index contributed by atoms with van der Waals surface area (Å²) in [6.45, 7) is 3.65. The predicted octanol–water partition coefficient (Wildman–Crippen LogP) is 2.70. The molecule has 1 aliphatic heterocycles. The molecule has 0 bridgehead atoms. The minimum atomic E-state index is -0.615. The molecule has 2 aromatic rings. The van der Waals surface area contributed by atoms with Gasteiger partial charge in [-0.2, -0.15) is 0 Å². The van der Waals surface area contributed by atoms with Crippen LogP contribution in [0.5, 0.6) is 11.5 Å². The van der Waals surface area contributed by atoms with Gasteiger partial charge >= 0.3 is 5.97 Å². The standard InChI is InChI=1S/C19H15NO5/c1-3-10-20-17(21)15-9-4-12(11-16(15)18(20)22)19(23)25-14-7-5-13(24-2)6-8-14/h3-9,11H,1,10H2,2H3. The second-order valence-corrected chi connectivity index (χ2v) is 5.33. The van der Waals surface area contributed by atoms with Crippen LogP contribution in [0.3, 0.4) is 0 Å². The van der Waals surface area contributed by atoms with Crippen LogP contribution >= 0.6 is 0 Å². The van der Waals surface area contributed by atoms with Gasteiger partial charge in [0.2, 0.25) is 0 Å². The molecule has 6 heteroatoms. The molecule has 0 atom stereocenters. The normalized spacial score (nSPS) is 12.8. The van der Waals surface area contributed by atoms with E-state index in [9.17, 15) is 14.4 Å². The predicted molar refractivity (Wildman–Crippen MR) is 90.0 cm³/mol. The Morgan fingerprint density at radius 1 is 1.04 bits per heavy atom. The molecule has 0 unspecified atom stereocenters.